The van der Waals surface area contributed by atoms with Crippen LogP contribution in [-0.2, 0) is 4.79 Å². The van der Waals surface area contributed by atoms with Gasteiger partial charge in [-0.05, 0) is 25.3 Å². The number of amides is 1. The van der Waals surface area contributed by atoms with Crippen molar-refractivity contribution in [2.24, 2.45) is 0 Å². The Morgan fingerprint density at radius 3 is 2.62 bits per heavy atom. The minimum Gasteiger partial charge on any atom is -0.481 e. The topological polar surface area (TPSA) is 70.5 Å². The van der Waals surface area contributed by atoms with E-state index in [1.807, 2.05) is 44.2 Å². The predicted molar refractivity (Wildman–Crippen MR) is 80.2 cm³/mol. The van der Waals surface area contributed by atoms with Crippen LogP contribution in [0.2, 0.25) is 0 Å². The van der Waals surface area contributed by atoms with Crippen LogP contribution in [0.4, 0.5) is 0 Å². The lowest BCUT2D eigenvalue weighted by Gasteiger charge is -2.26. The van der Waals surface area contributed by atoms with Gasteiger partial charge in [-0.25, -0.2) is 0 Å². The molecule has 110 valence electrons. The first kappa shape index (κ1) is 15.0. The summed E-state index contributed by atoms with van der Waals surface area (Å²) in [6.45, 7) is 3.91. The van der Waals surface area contributed by atoms with E-state index in [1.165, 1.54) is 0 Å². The molecular weight excluding hydrogens is 268 g/mol. The standard InChI is InChI=1S/C16H18N2O3/c1-11(2)18(10-8-14(19)20)16(21)15-13-6-4-3-5-12(13)7-9-17-15/h3-7,9,11H,8,10H2,1-2H3,(H,19,20). The third kappa shape index (κ3) is 3.37. The van der Waals surface area contributed by atoms with E-state index in [0.29, 0.717) is 5.69 Å². The molecule has 0 saturated heterocycles. The van der Waals surface area contributed by atoms with E-state index in [1.54, 1.807) is 11.1 Å². The first-order chi connectivity index (χ1) is 10.0. The Kier molecular flexibility index (Phi) is 4.52. The molecule has 0 fully saturated rings. The van der Waals surface area contributed by atoms with Crippen LogP contribution in [0.5, 0.6) is 0 Å². The molecule has 0 aliphatic rings. The molecule has 21 heavy (non-hydrogen) atoms. The minimum atomic E-state index is -0.917. The molecule has 0 atom stereocenters. The highest BCUT2D eigenvalue weighted by atomic mass is 16.4. The summed E-state index contributed by atoms with van der Waals surface area (Å²) in [6, 6.07) is 9.30. The number of aromatic nitrogens is 1. The van der Waals surface area contributed by atoms with Gasteiger partial charge in [0, 0.05) is 24.2 Å². The maximum atomic E-state index is 12.7. The van der Waals surface area contributed by atoms with Crippen molar-refractivity contribution in [3.8, 4) is 0 Å². The molecule has 0 aliphatic heterocycles. The van der Waals surface area contributed by atoms with Gasteiger partial charge in [0.05, 0.1) is 6.42 Å². The summed E-state index contributed by atoms with van der Waals surface area (Å²) in [5, 5.41) is 10.5. The molecule has 5 heteroatoms. The molecule has 5 nitrogen and oxygen atoms in total. The first-order valence-corrected chi connectivity index (χ1v) is 6.87. The van der Waals surface area contributed by atoms with Gasteiger partial charge in [-0.3, -0.25) is 14.6 Å². The van der Waals surface area contributed by atoms with Crippen molar-refractivity contribution in [1.82, 2.24) is 9.88 Å². The van der Waals surface area contributed by atoms with E-state index in [4.69, 9.17) is 5.11 Å². The second-order valence-electron chi connectivity index (χ2n) is 5.12. The van der Waals surface area contributed by atoms with Gasteiger partial charge in [-0.1, -0.05) is 24.3 Å². The number of carboxylic acid groups (broad SMARTS) is 1. The van der Waals surface area contributed by atoms with E-state index in [-0.39, 0.29) is 24.9 Å². The van der Waals surface area contributed by atoms with Gasteiger partial charge in [-0.15, -0.1) is 0 Å². The van der Waals surface area contributed by atoms with Crippen molar-refractivity contribution in [2.75, 3.05) is 6.54 Å². The fraction of sp³-hybridized carbons (Fsp3) is 0.312. The molecule has 0 unspecified atom stereocenters. The van der Waals surface area contributed by atoms with Crippen LogP contribution >= 0.6 is 0 Å². The number of fused-ring (bicyclic) bond motifs is 1. The maximum absolute atomic E-state index is 12.7. The fourth-order valence-electron chi connectivity index (χ4n) is 2.24. The van der Waals surface area contributed by atoms with Crippen molar-refractivity contribution in [3.05, 3.63) is 42.2 Å². The number of carbonyl (C=O) groups is 2. The third-order valence-electron chi connectivity index (χ3n) is 3.33. The smallest absolute Gasteiger partial charge is 0.305 e. The quantitative estimate of drug-likeness (QED) is 0.917. The van der Waals surface area contributed by atoms with Crippen LogP contribution in [0.3, 0.4) is 0 Å². The highest BCUT2D eigenvalue weighted by molar-refractivity contribution is 6.05. The number of hydrogen-bond donors (Lipinski definition) is 1. The van der Waals surface area contributed by atoms with Crippen LogP contribution < -0.4 is 0 Å². The number of aliphatic carboxylic acids is 1. The van der Waals surface area contributed by atoms with Gasteiger partial charge in [-0.2, -0.15) is 0 Å². The number of pyridine rings is 1. The van der Waals surface area contributed by atoms with E-state index >= 15 is 0 Å². The van der Waals surface area contributed by atoms with Crippen molar-refractivity contribution in [3.63, 3.8) is 0 Å². The largest absolute Gasteiger partial charge is 0.481 e. The summed E-state index contributed by atoms with van der Waals surface area (Å²) in [5.74, 6) is -1.15. The summed E-state index contributed by atoms with van der Waals surface area (Å²) < 4.78 is 0. The van der Waals surface area contributed by atoms with Crippen LogP contribution in [0.1, 0.15) is 30.8 Å². The summed E-state index contributed by atoms with van der Waals surface area (Å²) in [5.41, 5.74) is 0.368. The molecule has 2 aromatic rings. The van der Waals surface area contributed by atoms with Gasteiger partial charge < -0.3 is 10.0 Å². The van der Waals surface area contributed by atoms with Gasteiger partial charge in [0.1, 0.15) is 5.69 Å². The number of benzene rings is 1. The summed E-state index contributed by atoms with van der Waals surface area (Å²) in [6.07, 6.45) is 1.53. The van der Waals surface area contributed by atoms with Crippen LogP contribution in [0.15, 0.2) is 36.5 Å². The molecule has 0 bridgehead atoms. The van der Waals surface area contributed by atoms with Crippen LogP contribution in [0.25, 0.3) is 10.8 Å². The second kappa shape index (κ2) is 6.35. The van der Waals surface area contributed by atoms with Crippen LogP contribution in [-0.4, -0.2) is 39.5 Å². The molecule has 2 rings (SSSR count). The number of carboxylic acids is 1. The molecule has 1 heterocycles. The van der Waals surface area contributed by atoms with E-state index < -0.39 is 5.97 Å². The molecule has 0 saturated carbocycles. The molecule has 1 aromatic carbocycles. The number of hydrogen-bond acceptors (Lipinski definition) is 3. The zero-order valence-corrected chi connectivity index (χ0v) is 12.1. The Hall–Kier alpha value is -2.43. The number of carbonyl (C=O) groups excluding carboxylic acids is 1. The highest BCUT2D eigenvalue weighted by Crippen LogP contribution is 2.19. The van der Waals surface area contributed by atoms with Gasteiger partial charge >= 0.3 is 5.97 Å². The SMILES string of the molecule is CC(C)N(CCC(=O)O)C(=O)c1nccc2ccccc12. The minimum absolute atomic E-state index is 0.0747. The second-order valence-corrected chi connectivity index (χ2v) is 5.12. The molecule has 1 amide bonds. The van der Waals surface area contributed by atoms with E-state index in [2.05, 4.69) is 4.98 Å². The summed E-state index contributed by atoms with van der Waals surface area (Å²) >= 11 is 0. The first-order valence-electron chi connectivity index (χ1n) is 6.87. The normalized spacial score (nSPS) is 10.8. The molecule has 1 N–H and O–H groups in total. The lowest BCUT2D eigenvalue weighted by atomic mass is 10.1. The Balaban J connectivity index is 2.37. The van der Waals surface area contributed by atoms with Gasteiger partial charge in [0.2, 0.25) is 0 Å². The Bertz CT molecular complexity index is 662. The molecule has 0 spiro atoms. The third-order valence-corrected chi connectivity index (χ3v) is 3.33. The fourth-order valence-corrected chi connectivity index (χ4v) is 2.24. The van der Waals surface area contributed by atoms with Gasteiger partial charge in [0.25, 0.3) is 5.91 Å². The molecule has 0 aliphatic carbocycles. The Labute approximate surface area is 123 Å². The van der Waals surface area contributed by atoms with Crippen molar-refractivity contribution in [2.45, 2.75) is 26.3 Å². The molecule has 0 radical (unpaired) electrons. The van der Waals surface area contributed by atoms with E-state index in [0.717, 1.165) is 10.8 Å². The highest BCUT2D eigenvalue weighted by Gasteiger charge is 2.22. The monoisotopic (exact) mass is 286 g/mol. The average Bonchev–Trinajstić information content (AvgIpc) is 2.46. The average molecular weight is 286 g/mol. The lowest BCUT2D eigenvalue weighted by Crippen LogP contribution is -2.39. The zero-order valence-electron chi connectivity index (χ0n) is 12.1. The van der Waals surface area contributed by atoms with Crippen LogP contribution in [0, 0.1) is 0 Å². The molecular formula is C16H18N2O3. The predicted octanol–water partition coefficient (Wildman–Crippen LogP) is 2.56. The number of nitrogens with zero attached hydrogens (tertiary/aromatic N) is 2. The number of rotatable bonds is 5. The Morgan fingerprint density at radius 1 is 1.24 bits per heavy atom. The summed E-state index contributed by atoms with van der Waals surface area (Å²) in [4.78, 5) is 29.2. The van der Waals surface area contributed by atoms with Gasteiger partial charge in [0.15, 0.2) is 0 Å². The van der Waals surface area contributed by atoms with Crippen molar-refractivity contribution >= 4 is 22.6 Å². The van der Waals surface area contributed by atoms with Crippen molar-refractivity contribution < 1.29 is 14.7 Å². The zero-order chi connectivity index (χ0) is 15.4. The lowest BCUT2D eigenvalue weighted by molar-refractivity contribution is -0.137. The Morgan fingerprint density at radius 2 is 1.95 bits per heavy atom. The summed E-state index contributed by atoms with van der Waals surface area (Å²) in [7, 11) is 0. The maximum Gasteiger partial charge on any atom is 0.305 e. The van der Waals surface area contributed by atoms with E-state index in [9.17, 15) is 9.59 Å². The van der Waals surface area contributed by atoms with Crippen molar-refractivity contribution in [1.29, 1.82) is 0 Å². The molecule has 1 aromatic heterocycles.